The molecule has 1 unspecified atom stereocenters. The lowest BCUT2D eigenvalue weighted by atomic mass is 9.93. The van der Waals surface area contributed by atoms with E-state index >= 15 is 0 Å². The van der Waals surface area contributed by atoms with Crippen LogP contribution in [0, 0.1) is 5.92 Å². The fraction of sp³-hybridized carbons (Fsp3) is 0.941. The molecule has 122 valence electrons. The first-order valence-electron chi connectivity index (χ1n) is 8.50. The van der Waals surface area contributed by atoms with E-state index in [1.807, 2.05) is 48.5 Å². The van der Waals surface area contributed by atoms with E-state index < -0.39 is 5.79 Å². The van der Waals surface area contributed by atoms with Gasteiger partial charge in [-0.05, 0) is 26.2 Å². The van der Waals surface area contributed by atoms with Crippen LogP contribution in [0.5, 0.6) is 0 Å². The van der Waals surface area contributed by atoms with Gasteiger partial charge in [-0.25, -0.2) is 0 Å². The second-order valence-electron chi connectivity index (χ2n) is 4.63. The van der Waals surface area contributed by atoms with E-state index in [1.165, 1.54) is 6.42 Å². The van der Waals surface area contributed by atoms with Crippen molar-refractivity contribution in [1.82, 2.24) is 0 Å². The summed E-state index contributed by atoms with van der Waals surface area (Å²) >= 11 is 0. The summed E-state index contributed by atoms with van der Waals surface area (Å²) in [6, 6.07) is 0. The van der Waals surface area contributed by atoms with Gasteiger partial charge < -0.3 is 9.47 Å². The van der Waals surface area contributed by atoms with Crippen LogP contribution >= 0.6 is 0 Å². The Morgan fingerprint density at radius 3 is 1.95 bits per heavy atom. The molecular weight excluding hydrogens is 252 g/mol. The highest BCUT2D eigenvalue weighted by atomic mass is 16.7. The maximum absolute atomic E-state index is 11.8. The zero-order valence-electron chi connectivity index (χ0n) is 14.8. The van der Waals surface area contributed by atoms with Crippen molar-refractivity contribution in [3.8, 4) is 0 Å². The van der Waals surface area contributed by atoms with Crippen molar-refractivity contribution in [1.29, 1.82) is 0 Å². The molecule has 0 spiro atoms. The maximum atomic E-state index is 11.8. The quantitative estimate of drug-likeness (QED) is 0.507. The highest BCUT2D eigenvalue weighted by Crippen LogP contribution is 2.33. The molecule has 0 heterocycles. The van der Waals surface area contributed by atoms with Crippen LogP contribution in [0.3, 0.4) is 0 Å². The number of hydrogen-bond donors (Lipinski definition) is 0. The van der Waals surface area contributed by atoms with Gasteiger partial charge in [-0.2, -0.15) is 0 Å². The van der Waals surface area contributed by atoms with Gasteiger partial charge in [0.1, 0.15) is 0 Å². The number of ether oxygens (including phenoxy) is 2. The lowest BCUT2D eigenvalue weighted by Crippen LogP contribution is -2.41. The van der Waals surface area contributed by atoms with Crippen LogP contribution in [-0.4, -0.2) is 18.4 Å². The first-order chi connectivity index (χ1) is 9.63. The summed E-state index contributed by atoms with van der Waals surface area (Å²) < 4.78 is 11.3. The first kappa shape index (κ1) is 21.7. The highest BCUT2D eigenvalue weighted by molar-refractivity contribution is 5.72. The van der Waals surface area contributed by atoms with Gasteiger partial charge in [0.05, 0.1) is 5.92 Å². The Balaban J connectivity index is 0. The van der Waals surface area contributed by atoms with E-state index in [0.717, 1.165) is 32.1 Å². The molecule has 20 heavy (non-hydrogen) atoms. The van der Waals surface area contributed by atoms with Gasteiger partial charge in [0.15, 0.2) is 0 Å². The van der Waals surface area contributed by atoms with Crippen LogP contribution in [-0.2, 0) is 14.3 Å². The smallest absolute Gasteiger partial charge is 0.311 e. The molecular formula is C17H36O3. The minimum Gasteiger partial charge on any atom is -0.433 e. The number of hydrogen-bond acceptors (Lipinski definition) is 3. The van der Waals surface area contributed by atoms with Gasteiger partial charge in [0, 0.05) is 19.4 Å². The summed E-state index contributed by atoms with van der Waals surface area (Å²) in [5.41, 5.74) is 0. The van der Waals surface area contributed by atoms with Gasteiger partial charge in [-0.15, -0.1) is 0 Å². The van der Waals surface area contributed by atoms with Crippen molar-refractivity contribution in [2.24, 2.45) is 5.92 Å². The zero-order valence-corrected chi connectivity index (χ0v) is 14.8. The van der Waals surface area contributed by atoms with E-state index in [4.69, 9.17) is 9.47 Å². The Hall–Kier alpha value is -0.570. The summed E-state index contributed by atoms with van der Waals surface area (Å²) in [7, 11) is 0. The Labute approximate surface area is 126 Å². The first-order valence-corrected chi connectivity index (χ1v) is 8.50. The van der Waals surface area contributed by atoms with E-state index in [0.29, 0.717) is 6.61 Å². The Morgan fingerprint density at radius 1 is 1.05 bits per heavy atom. The van der Waals surface area contributed by atoms with Gasteiger partial charge in [-0.1, -0.05) is 48.0 Å². The minimum atomic E-state index is -0.618. The monoisotopic (exact) mass is 288 g/mol. The molecule has 1 atom stereocenters. The lowest BCUT2D eigenvalue weighted by molar-refractivity contribution is -0.245. The van der Waals surface area contributed by atoms with Crippen LogP contribution in [0.15, 0.2) is 0 Å². The van der Waals surface area contributed by atoms with E-state index in [1.54, 1.807) is 0 Å². The fourth-order valence-electron chi connectivity index (χ4n) is 2.08. The van der Waals surface area contributed by atoms with E-state index in [-0.39, 0.29) is 11.9 Å². The Kier molecular flexibility index (Phi) is 14.6. The number of carbonyl (C=O) groups is 1. The van der Waals surface area contributed by atoms with Crippen LogP contribution in [0.25, 0.3) is 0 Å². The summed E-state index contributed by atoms with van der Waals surface area (Å²) in [6.45, 7) is 14.5. The average molecular weight is 288 g/mol. The molecule has 1 aliphatic carbocycles. The highest BCUT2D eigenvalue weighted by Gasteiger charge is 2.37. The molecule has 0 aromatic rings. The molecule has 1 aliphatic rings. The van der Waals surface area contributed by atoms with Gasteiger partial charge in [0.25, 0.3) is 0 Å². The number of carbonyl (C=O) groups excluding carboxylic acids is 1. The molecule has 0 aliphatic heterocycles. The molecule has 0 radical (unpaired) electrons. The second kappa shape index (κ2) is 13.4. The predicted octanol–water partition coefficient (Wildman–Crippen LogP) is 5.33. The molecule has 1 fully saturated rings. The third kappa shape index (κ3) is 7.88. The molecule has 0 bridgehead atoms. The van der Waals surface area contributed by atoms with Gasteiger partial charge in [0.2, 0.25) is 5.79 Å². The second-order valence-corrected chi connectivity index (χ2v) is 4.63. The van der Waals surface area contributed by atoms with Crippen molar-refractivity contribution in [3.05, 3.63) is 0 Å². The predicted molar refractivity (Wildman–Crippen MR) is 85.7 cm³/mol. The molecule has 3 nitrogen and oxygen atoms in total. The molecule has 1 rings (SSSR count). The Bertz CT molecular complexity index is 215. The van der Waals surface area contributed by atoms with Crippen LogP contribution < -0.4 is 0 Å². The molecule has 3 heteroatoms. The summed E-state index contributed by atoms with van der Waals surface area (Å²) in [5.74, 6) is -0.759. The maximum Gasteiger partial charge on any atom is 0.311 e. The molecule has 0 amide bonds. The SMILES string of the molecule is CC.CC.CCOC1(OC(=O)C(C)CC)CCCCC1. The van der Waals surface area contributed by atoms with Gasteiger partial charge in [-0.3, -0.25) is 4.79 Å². The third-order valence-corrected chi connectivity index (χ3v) is 3.32. The number of rotatable bonds is 5. The van der Waals surface area contributed by atoms with Crippen molar-refractivity contribution in [2.75, 3.05) is 6.61 Å². The largest absolute Gasteiger partial charge is 0.433 e. The Morgan fingerprint density at radius 2 is 1.55 bits per heavy atom. The average Bonchev–Trinajstić information content (AvgIpc) is 2.51. The third-order valence-electron chi connectivity index (χ3n) is 3.32. The topological polar surface area (TPSA) is 35.5 Å². The lowest BCUT2D eigenvalue weighted by Gasteiger charge is -2.36. The van der Waals surface area contributed by atoms with Crippen molar-refractivity contribution >= 4 is 5.97 Å². The fourth-order valence-corrected chi connectivity index (χ4v) is 2.08. The molecule has 1 saturated carbocycles. The molecule has 0 N–H and O–H groups in total. The van der Waals surface area contributed by atoms with E-state index in [2.05, 4.69) is 0 Å². The summed E-state index contributed by atoms with van der Waals surface area (Å²) in [4.78, 5) is 11.8. The minimum absolute atomic E-state index is 0.0285. The van der Waals surface area contributed by atoms with Crippen molar-refractivity contribution < 1.29 is 14.3 Å². The van der Waals surface area contributed by atoms with Crippen LogP contribution in [0.1, 0.15) is 87.0 Å². The summed E-state index contributed by atoms with van der Waals surface area (Å²) in [6.07, 6.45) is 5.92. The summed E-state index contributed by atoms with van der Waals surface area (Å²) in [5, 5.41) is 0. The standard InChI is InChI=1S/C13H24O3.2C2H6/c1-4-11(3)12(14)16-13(15-5-2)9-7-6-8-10-13;2*1-2/h11H,4-10H2,1-3H3;2*1-2H3. The molecule has 0 saturated heterocycles. The van der Waals surface area contributed by atoms with Crippen LogP contribution in [0.4, 0.5) is 0 Å². The van der Waals surface area contributed by atoms with Crippen molar-refractivity contribution in [3.63, 3.8) is 0 Å². The number of esters is 1. The van der Waals surface area contributed by atoms with E-state index in [9.17, 15) is 4.79 Å². The molecule has 0 aromatic carbocycles. The van der Waals surface area contributed by atoms with Crippen molar-refractivity contribution in [2.45, 2.75) is 92.8 Å². The normalized spacial score (nSPS) is 17.8. The van der Waals surface area contributed by atoms with Gasteiger partial charge >= 0.3 is 5.97 Å². The zero-order chi connectivity index (χ0) is 16.0. The molecule has 0 aromatic heterocycles. The van der Waals surface area contributed by atoms with Crippen LogP contribution in [0.2, 0.25) is 0 Å².